The van der Waals surface area contributed by atoms with Crippen LogP contribution in [0.3, 0.4) is 0 Å². The van der Waals surface area contributed by atoms with Gasteiger partial charge in [-0.25, -0.2) is 4.68 Å². The fraction of sp³-hybridized carbons (Fsp3) is 0.818. The first-order valence-corrected chi connectivity index (χ1v) is 6.09. The number of rotatable bonds is 7. The Morgan fingerprint density at radius 3 is 2.75 bits per heavy atom. The van der Waals surface area contributed by atoms with Gasteiger partial charge in [0.1, 0.15) is 0 Å². The second kappa shape index (κ2) is 6.60. The SMILES string of the molecule is CCCC(C)C(NN)c1cnnn1CCC. The molecule has 16 heavy (non-hydrogen) atoms. The topological polar surface area (TPSA) is 68.8 Å². The maximum absolute atomic E-state index is 5.64. The van der Waals surface area contributed by atoms with Gasteiger partial charge in [0.2, 0.25) is 0 Å². The Morgan fingerprint density at radius 1 is 1.44 bits per heavy atom. The van der Waals surface area contributed by atoms with Crippen molar-refractivity contribution in [2.24, 2.45) is 11.8 Å². The highest BCUT2D eigenvalue weighted by Gasteiger charge is 2.21. The molecule has 0 saturated heterocycles. The summed E-state index contributed by atoms with van der Waals surface area (Å²) >= 11 is 0. The molecule has 92 valence electrons. The normalized spacial score (nSPS) is 15.0. The van der Waals surface area contributed by atoms with E-state index in [4.69, 9.17) is 5.84 Å². The van der Waals surface area contributed by atoms with Crippen molar-refractivity contribution >= 4 is 0 Å². The van der Waals surface area contributed by atoms with Gasteiger partial charge in [0.25, 0.3) is 0 Å². The van der Waals surface area contributed by atoms with Crippen LogP contribution >= 0.6 is 0 Å². The van der Waals surface area contributed by atoms with E-state index in [1.165, 1.54) is 0 Å². The highest BCUT2D eigenvalue weighted by molar-refractivity contribution is 5.03. The van der Waals surface area contributed by atoms with Gasteiger partial charge in [-0.1, -0.05) is 32.4 Å². The summed E-state index contributed by atoms with van der Waals surface area (Å²) in [5, 5.41) is 8.06. The molecule has 2 unspecified atom stereocenters. The van der Waals surface area contributed by atoms with E-state index < -0.39 is 0 Å². The lowest BCUT2D eigenvalue weighted by molar-refractivity contribution is 0.344. The molecule has 1 aromatic heterocycles. The molecule has 0 aliphatic rings. The third kappa shape index (κ3) is 3.02. The average molecular weight is 225 g/mol. The van der Waals surface area contributed by atoms with Gasteiger partial charge in [-0.2, -0.15) is 0 Å². The predicted octanol–water partition coefficient (Wildman–Crippen LogP) is 1.63. The molecule has 0 aliphatic heterocycles. The van der Waals surface area contributed by atoms with E-state index in [0.29, 0.717) is 5.92 Å². The van der Waals surface area contributed by atoms with Crippen molar-refractivity contribution in [3.63, 3.8) is 0 Å². The van der Waals surface area contributed by atoms with E-state index in [1.807, 2.05) is 10.9 Å². The standard InChI is InChI=1S/C11H23N5/c1-4-6-9(3)11(14-12)10-8-13-15-16(10)7-5-2/h8-9,11,14H,4-7,12H2,1-3H3. The molecule has 5 nitrogen and oxygen atoms in total. The lowest BCUT2D eigenvalue weighted by atomic mass is 9.95. The molecule has 0 aromatic carbocycles. The molecule has 0 radical (unpaired) electrons. The number of nitrogens with one attached hydrogen (secondary N) is 1. The maximum atomic E-state index is 5.64. The highest BCUT2D eigenvalue weighted by atomic mass is 15.4. The van der Waals surface area contributed by atoms with Gasteiger partial charge in [0.05, 0.1) is 17.9 Å². The quantitative estimate of drug-likeness (QED) is 0.546. The summed E-state index contributed by atoms with van der Waals surface area (Å²) in [6, 6.07) is 0.140. The van der Waals surface area contributed by atoms with Crippen molar-refractivity contribution in [3.8, 4) is 0 Å². The van der Waals surface area contributed by atoms with Gasteiger partial charge in [-0.3, -0.25) is 11.3 Å². The van der Waals surface area contributed by atoms with Crippen LogP contribution in [0, 0.1) is 5.92 Å². The Hall–Kier alpha value is -0.940. The van der Waals surface area contributed by atoms with Gasteiger partial charge < -0.3 is 0 Å². The van der Waals surface area contributed by atoms with Gasteiger partial charge in [0.15, 0.2) is 0 Å². The molecule has 3 N–H and O–H groups in total. The second-order valence-corrected chi connectivity index (χ2v) is 4.29. The monoisotopic (exact) mass is 225 g/mol. The largest absolute Gasteiger partial charge is 0.271 e. The number of hydrogen-bond donors (Lipinski definition) is 2. The highest BCUT2D eigenvalue weighted by Crippen LogP contribution is 2.24. The van der Waals surface area contributed by atoms with Crippen LogP contribution in [-0.2, 0) is 6.54 Å². The molecule has 1 heterocycles. The van der Waals surface area contributed by atoms with E-state index in [0.717, 1.165) is 31.5 Å². The van der Waals surface area contributed by atoms with Crippen LogP contribution in [0.15, 0.2) is 6.20 Å². The maximum Gasteiger partial charge on any atom is 0.0772 e. The van der Waals surface area contributed by atoms with E-state index in [2.05, 4.69) is 36.5 Å². The molecule has 2 atom stereocenters. The van der Waals surface area contributed by atoms with Gasteiger partial charge in [-0.05, 0) is 18.8 Å². The fourth-order valence-electron chi connectivity index (χ4n) is 2.06. The smallest absolute Gasteiger partial charge is 0.0772 e. The van der Waals surface area contributed by atoms with Crippen molar-refractivity contribution in [3.05, 3.63) is 11.9 Å². The van der Waals surface area contributed by atoms with Crippen LogP contribution in [0.2, 0.25) is 0 Å². The molecular weight excluding hydrogens is 202 g/mol. The number of nitrogens with two attached hydrogens (primary N) is 1. The number of nitrogens with zero attached hydrogens (tertiary/aromatic N) is 3. The van der Waals surface area contributed by atoms with Crippen molar-refractivity contribution in [2.75, 3.05) is 0 Å². The molecule has 1 rings (SSSR count). The zero-order chi connectivity index (χ0) is 12.0. The summed E-state index contributed by atoms with van der Waals surface area (Å²) in [7, 11) is 0. The zero-order valence-corrected chi connectivity index (χ0v) is 10.5. The summed E-state index contributed by atoms with van der Waals surface area (Å²) in [6.07, 6.45) is 5.17. The van der Waals surface area contributed by atoms with E-state index in [1.54, 1.807) is 0 Å². The number of hydrazine groups is 1. The Labute approximate surface area is 97.4 Å². The molecule has 0 bridgehead atoms. The summed E-state index contributed by atoms with van der Waals surface area (Å²) < 4.78 is 1.94. The van der Waals surface area contributed by atoms with Crippen LogP contribution in [-0.4, -0.2) is 15.0 Å². The Bertz CT molecular complexity index is 296. The zero-order valence-electron chi connectivity index (χ0n) is 10.5. The van der Waals surface area contributed by atoms with Crippen LogP contribution in [0.4, 0.5) is 0 Å². The predicted molar refractivity (Wildman–Crippen MR) is 64.4 cm³/mol. The Balaban J connectivity index is 2.81. The minimum Gasteiger partial charge on any atom is -0.271 e. The third-order valence-electron chi connectivity index (χ3n) is 2.89. The number of aromatic nitrogens is 3. The van der Waals surface area contributed by atoms with Crippen LogP contribution in [0.1, 0.15) is 51.8 Å². The first-order chi connectivity index (χ1) is 7.74. The van der Waals surface area contributed by atoms with Crippen LogP contribution < -0.4 is 11.3 Å². The summed E-state index contributed by atoms with van der Waals surface area (Å²) in [6.45, 7) is 7.42. The minimum atomic E-state index is 0.140. The lowest BCUT2D eigenvalue weighted by Crippen LogP contribution is -2.34. The van der Waals surface area contributed by atoms with Crippen LogP contribution in [0.5, 0.6) is 0 Å². The minimum absolute atomic E-state index is 0.140. The van der Waals surface area contributed by atoms with E-state index in [9.17, 15) is 0 Å². The van der Waals surface area contributed by atoms with Gasteiger partial charge >= 0.3 is 0 Å². The Kier molecular flexibility index (Phi) is 5.42. The van der Waals surface area contributed by atoms with E-state index >= 15 is 0 Å². The number of aryl methyl sites for hydroxylation is 1. The third-order valence-corrected chi connectivity index (χ3v) is 2.89. The molecule has 0 aliphatic carbocycles. The lowest BCUT2D eigenvalue weighted by Gasteiger charge is -2.23. The molecule has 0 spiro atoms. The number of hydrogen-bond acceptors (Lipinski definition) is 4. The first-order valence-electron chi connectivity index (χ1n) is 6.09. The summed E-state index contributed by atoms with van der Waals surface area (Å²) in [5.41, 5.74) is 3.98. The molecule has 0 amide bonds. The molecular formula is C11H23N5. The molecule has 1 aromatic rings. The molecule has 0 fully saturated rings. The van der Waals surface area contributed by atoms with Crippen molar-refractivity contribution in [2.45, 2.75) is 52.6 Å². The Morgan fingerprint density at radius 2 is 2.19 bits per heavy atom. The molecule has 5 heteroatoms. The van der Waals surface area contributed by atoms with Gasteiger partial charge in [-0.15, -0.1) is 5.10 Å². The second-order valence-electron chi connectivity index (χ2n) is 4.29. The summed E-state index contributed by atoms with van der Waals surface area (Å²) in [4.78, 5) is 0. The summed E-state index contributed by atoms with van der Waals surface area (Å²) in [5.74, 6) is 6.13. The molecule has 0 saturated carbocycles. The fourth-order valence-corrected chi connectivity index (χ4v) is 2.06. The van der Waals surface area contributed by atoms with Crippen LogP contribution in [0.25, 0.3) is 0 Å². The van der Waals surface area contributed by atoms with Crippen molar-refractivity contribution in [1.29, 1.82) is 0 Å². The van der Waals surface area contributed by atoms with Crippen molar-refractivity contribution < 1.29 is 0 Å². The van der Waals surface area contributed by atoms with E-state index in [-0.39, 0.29) is 6.04 Å². The van der Waals surface area contributed by atoms with Gasteiger partial charge in [0, 0.05) is 6.54 Å². The first kappa shape index (κ1) is 13.1. The average Bonchev–Trinajstić information content (AvgIpc) is 2.69. The van der Waals surface area contributed by atoms with Crippen molar-refractivity contribution in [1.82, 2.24) is 20.4 Å².